The summed E-state index contributed by atoms with van der Waals surface area (Å²) >= 11 is 5.95. The molecule has 0 amide bonds. The Bertz CT molecular complexity index is 953. The SMILES string of the molecule is N#Cc1cnc(NCc2ccc(Cl)cc2)nc1NC[C@@]12CC3C[C@H](C1)[C@@H](N)[C@@H](C3)C2. The summed E-state index contributed by atoms with van der Waals surface area (Å²) in [6.07, 6.45) is 7.86. The lowest BCUT2D eigenvalue weighted by Crippen LogP contribution is -2.58. The first-order chi connectivity index (χ1) is 14.5. The number of rotatable bonds is 6. The van der Waals surface area contributed by atoms with Gasteiger partial charge in [-0.25, -0.2) is 4.98 Å². The second kappa shape index (κ2) is 7.72. The molecule has 4 fully saturated rings. The maximum atomic E-state index is 9.52. The Morgan fingerprint density at radius 3 is 2.57 bits per heavy atom. The van der Waals surface area contributed by atoms with Crippen molar-refractivity contribution in [3.05, 3.63) is 46.6 Å². The van der Waals surface area contributed by atoms with Crippen LogP contribution < -0.4 is 16.4 Å². The van der Waals surface area contributed by atoms with Crippen LogP contribution in [0.5, 0.6) is 0 Å². The Morgan fingerprint density at radius 1 is 1.13 bits per heavy atom. The molecule has 4 aliphatic carbocycles. The lowest BCUT2D eigenvalue weighted by atomic mass is 9.48. The summed E-state index contributed by atoms with van der Waals surface area (Å²) in [6.45, 7) is 1.45. The summed E-state index contributed by atoms with van der Waals surface area (Å²) in [5, 5.41) is 17.0. The van der Waals surface area contributed by atoms with Crippen LogP contribution in [0.3, 0.4) is 0 Å². The number of hydrogen-bond donors (Lipinski definition) is 3. The molecular formula is C23H27ClN6. The molecule has 30 heavy (non-hydrogen) atoms. The zero-order valence-corrected chi connectivity index (χ0v) is 17.7. The Hall–Kier alpha value is -2.36. The minimum absolute atomic E-state index is 0.293. The van der Waals surface area contributed by atoms with Gasteiger partial charge in [-0.05, 0) is 73.0 Å². The van der Waals surface area contributed by atoms with E-state index in [4.69, 9.17) is 17.3 Å². The quantitative estimate of drug-likeness (QED) is 0.645. The first-order valence-electron chi connectivity index (χ1n) is 10.8. The van der Waals surface area contributed by atoms with Crippen molar-refractivity contribution >= 4 is 23.4 Å². The summed E-state index contributed by atoms with van der Waals surface area (Å²) in [6, 6.07) is 10.3. The van der Waals surface area contributed by atoms with Gasteiger partial charge in [0, 0.05) is 24.2 Å². The minimum atomic E-state index is 0.293. The third kappa shape index (κ3) is 3.73. The normalized spacial score (nSPS) is 31.4. The van der Waals surface area contributed by atoms with E-state index in [1.54, 1.807) is 6.20 Å². The fourth-order valence-corrected chi connectivity index (χ4v) is 6.31. The van der Waals surface area contributed by atoms with E-state index in [1.165, 1.54) is 32.1 Å². The standard InChI is InChI=1S/C23H27ClN6/c24-19-3-1-14(2-4-19)11-27-22-28-12-18(10-25)21(30-22)29-13-23-7-15-5-16(8-23)20(26)17(6-15)9-23/h1-4,12,15-17,20H,5-9,11,13,26H2,(H2,27,28,29,30)/t15?,16-,17+,20-,23+. The van der Waals surface area contributed by atoms with Crippen LogP contribution in [0.25, 0.3) is 0 Å². The fourth-order valence-electron chi connectivity index (χ4n) is 6.19. The molecule has 0 radical (unpaired) electrons. The van der Waals surface area contributed by atoms with E-state index in [0.717, 1.165) is 18.0 Å². The number of nitrogens with zero attached hydrogens (tertiary/aromatic N) is 3. The molecule has 0 saturated heterocycles. The van der Waals surface area contributed by atoms with Crippen LogP contribution in [0.1, 0.15) is 43.2 Å². The summed E-state index contributed by atoms with van der Waals surface area (Å²) in [7, 11) is 0. The number of anilines is 2. The van der Waals surface area contributed by atoms with Gasteiger partial charge in [0.1, 0.15) is 17.5 Å². The summed E-state index contributed by atoms with van der Waals surface area (Å²) in [5.74, 6) is 3.28. The highest BCUT2D eigenvalue weighted by Gasteiger charge is 2.54. The summed E-state index contributed by atoms with van der Waals surface area (Å²) in [5.41, 5.74) is 8.35. The molecule has 4 aliphatic rings. The molecule has 1 heterocycles. The number of halogens is 1. The number of aromatic nitrogens is 2. The van der Waals surface area contributed by atoms with Crippen molar-refractivity contribution in [1.29, 1.82) is 5.26 Å². The van der Waals surface area contributed by atoms with Crippen LogP contribution in [0.15, 0.2) is 30.5 Å². The zero-order chi connectivity index (χ0) is 20.7. The topological polar surface area (TPSA) is 99.6 Å². The molecule has 4 bridgehead atoms. The van der Waals surface area contributed by atoms with Crippen molar-refractivity contribution in [1.82, 2.24) is 9.97 Å². The number of nitriles is 1. The smallest absolute Gasteiger partial charge is 0.224 e. The van der Waals surface area contributed by atoms with E-state index in [2.05, 4.69) is 26.7 Å². The monoisotopic (exact) mass is 422 g/mol. The fraction of sp³-hybridized carbons (Fsp3) is 0.522. The second-order valence-electron chi connectivity index (χ2n) is 9.45. The molecule has 7 heteroatoms. The Balaban J connectivity index is 1.28. The maximum absolute atomic E-state index is 9.52. The van der Waals surface area contributed by atoms with Crippen LogP contribution in [0.4, 0.5) is 11.8 Å². The van der Waals surface area contributed by atoms with Crippen LogP contribution in [-0.2, 0) is 6.54 Å². The minimum Gasteiger partial charge on any atom is -0.368 e. The Labute approximate surface area is 182 Å². The first-order valence-corrected chi connectivity index (χ1v) is 11.2. The van der Waals surface area contributed by atoms with Gasteiger partial charge >= 0.3 is 0 Å². The Morgan fingerprint density at radius 2 is 1.87 bits per heavy atom. The molecule has 1 unspecified atom stereocenters. The number of hydrogen-bond acceptors (Lipinski definition) is 6. The van der Waals surface area contributed by atoms with E-state index in [0.29, 0.717) is 52.2 Å². The predicted molar refractivity (Wildman–Crippen MR) is 118 cm³/mol. The number of benzene rings is 1. The van der Waals surface area contributed by atoms with E-state index in [9.17, 15) is 5.26 Å². The molecule has 6 nitrogen and oxygen atoms in total. The van der Waals surface area contributed by atoms with Crippen LogP contribution in [0.2, 0.25) is 5.02 Å². The molecule has 2 aromatic rings. The highest BCUT2D eigenvalue weighted by Crippen LogP contribution is 2.59. The lowest BCUT2D eigenvalue weighted by molar-refractivity contribution is -0.0591. The van der Waals surface area contributed by atoms with Gasteiger partial charge in [0.15, 0.2) is 0 Å². The Kier molecular flexibility index (Phi) is 5.04. The molecule has 6 rings (SSSR count). The first kappa shape index (κ1) is 19.6. The third-order valence-corrected chi connectivity index (χ3v) is 7.63. The molecule has 0 aliphatic heterocycles. The maximum Gasteiger partial charge on any atom is 0.224 e. The van der Waals surface area contributed by atoms with Gasteiger partial charge in [-0.2, -0.15) is 10.2 Å². The molecule has 1 aromatic carbocycles. The van der Waals surface area contributed by atoms with Gasteiger partial charge < -0.3 is 16.4 Å². The van der Waals surface area contributed by atoms with Crippen molar-refractivity contribution in [2.45, 2.75) is 44.7 Å². The van der Waals surface area contributed by atoms with E-state index in [-0.39, 0.29) is 0 Å². The van der Waals surface area contributed by atoms with E-state index < -0.39 is 0 Å². The summed E-state index contributed by atoms with van der Waals surface area (Å²) < 4.78 is 0. The number of nitrogens with two attached hydrogens (primary N) is 1. The second-order valence-corrected chi connectivity index (χ2v) is 9.89. The highest BCUT2D eigenvalue weighted by atomic mass is 35.5. The summed E-state index contributed by atoms with van der Waals surface area (Å²) in [4.78, 5) is 8.90. The van der Waals surface area contributed by atoms with Gasteiger partial charge in [-0.15, -0.1) is 0 Å². The van der Waals surface area contributed by atoms with Gasteiger partial charge in [-0.1, -0.05) is 23.7 Å². The molecule has 1 aromatic heterocycles. The van der Waals surface area contributed by atoms with Gasteiger partial charge in [0.25, 0.3) is 0 Å². The van der Waals surface area contributed by atoms with Crippen molar-refractivity contribution in [2.75, 3.05) is 17.2 Å². The van der Waals surface area contributed by atoms with Crippen molar-refractivity contribution in [3.8, 4) is 6.07 Å². The molecule has 4 saturated carbocycles. The van der Waals surface area contributed by atoms with Gasteiger partial charge in [0.05, 0.1) is 6.20 Å². The van der Waals surface area contributed by atoms with Gasteiger partial charge in [-0.3, -0.25) is 0 Å². The van der Waals surface area contributed by atoms with Gasteiger partial charge in [0.2, 0.25) is 5.95 Å². The third-order valence-electron chi connectivity index (χ3n) is 7.38. The molecule has 5 atom stereocenters. The highest BCUT2D eigenvalue weighted by molar-refractivity contribution is 6.30. The van der Waals surface area contributed by atoms with Crippen LogP contribution >= 0.6 is 11.6 Å². The predicted octanol–water partition coefficient (Wildman–Crippen LogP) is 4.18. The van der Waals surface area contributed by atoms with Crippen LogP contribution in [0, 0.1) is 34.5 Å². The molecule has 156 valence electrons. The van der Waals surface area contributed by atoms with Crippen molar-refractivity contribution < 1.29 is 0 Å². The average molecular weight is 423 g/mol. The largest absolute Gasteiger partial charge is 0.368 e. The average Bonchev–Trinajstić information content (AvgIpc) is 2.75. The number of nitrogens with one attached hydrogen (secondary N) is 2. The molecular weight excluding hydrogens is 396 g/mol. The van der Waals surface area contributed by atoms with Crippen molar-refractivity contribution in [2.24, 2.45) is 28.9 Å². The zero-order valence-electron chi connectivity index (χ0n) is 16.9. The van der Waals surface area contributed by atoms with E-state index >= 15 is 0 Å². The molecule has 0 spiro atoms. The lowest BCUT2D eigenvalue weighted by Gasteiger charge is -2.59. The van der Waals surface area contributed by atoms with Crippen LogP contribution in [-0.4, -0.2) is 22.6 Å². The molecule has 4 N–H and O–H groups in total. The van der Waals surface area contributed by atoms with E-state index in [1.807, 2.05) is 24.3 Å². The van der Waals surface area contributed by atoms with Crippen molar-refractivity contribution in [3.63, 3.8) is 0 Å².